The zero-order valence-corrected chi connectivity index (χ0v) is 12.1. The van der Waals surface area contributed by atoms with Crippen molar-refractivity contribution in [3.05, 3.63) is 17.8 Å². The van der Waals surface area contributed by atoms with Crippen LogP contribution in [0.3, 0.4) is 0 Å². The van der Waals surface area contributed by atoms with Crippen molar-refractivity contribution in [1.82, 2.24) is 9.97 Å². The van der Waals surface area contributed by atoms with E-state index < -0.39 is 0 Å². The van der Waals surface area contributed by atoms with Crippen LogP contribution in [0.25, 0.3) is 10.2 Å². The Labute approximate surface area is 115 Å². The summed E-state index contributed by atoms with van der Waals surface area (Å²) in [5, 5.41) is 6.54. The molecule has 96 valence electrons. The normalized spacial score (nSPS) is 24.3. The van der Waals surface area contributed by atoms with Crippen LogP contribution < -0.4 is 5.32 Å². The van der Waals surface area contributed by atoms with Gasteiger partial charge in [-0.2, -0.15) is 11.8 Å². The molecule has 2 heterocycles. The SMILES string of the molecule is CSC1CCC(Nc2ncnc3ccsc23)CC1. The molecule has 1 N–H and O–H groups in total. The second-order valence-corrected chi connectivity index (χ2v) is 6.77. The van der Waals surface area contributed by atoms with Crippen LogP contribution in [0.1, 0.15) is 25.7 Å². The number of hydrogen-bond acceptors (Lipinski definition) is 5. The van der Waals surface area contributed by atoms with E-state index in [0.717, 1.165) is 16.6 Å². The van der Waals surface area contributed by atoms with E-state index in [0.29, 0.717) is 6.04 Å². The van der Waals surface area contributed by atoms with E-state index in [1.807, 2.05) is 11.8 Å². The molecule has 1 fully saturated rings. The van der Waals surface area contributed by atoms with Gasteiger partial charge in [0.2, 0.25) is 0 Å². The van der Waals surface area contributed by atoms with Crippen molar-refractivity contribution >= 4 is 39.1 Å². The van der Waals surface area contributed by atoms with Gasteiger partial charge in [0.15, 0.2) is 0 Å². The third-order valence-electron chi connectivity index (χ3n) is 3.59. The van der Waals surface area contributed by atoms with Crippen LogP contribution in [0.4, 0.5) is 5.82 Å². The number of hydrogen-bond donors (Lipinski definition) is 1. The van der Waals surface area contributed by atoms with Gasteiger partial charge in [0.1, 0.15) is 12.1 Å². The lowest BCUT2D eigenvalue weighted by Gasteiger charge is -2.28. The van der Waals surface area contributed by atoms with E-state index in [9.17, 15) is 0 Å². The minimum Gasteiger partial charge on any atom is -0.366 e. The van der Waals surface area contributed by atoms with Gasteiger partial charge < -0.3 is 5.32 Å². The smallest absolute Gasteiger partial charge is 0.147 e. The first-order chi connectivity index (χ1) is 8.86. The Balaban J connectivity index is 1.71. The van der Waals surface area contributed by atoms with Gasteiger partial charge in [-0.3, -0.25) is 0 Å². The highest BCUT2D eigenvalue weighted by Crippen LogP contribution is 2.31. The zero-order chi connectivity index (χ0) is 12.4. The molecular formula is C13H17N3S2. The summed E-state index contributed by atoms with van der Waals surface area (Å²) in [6.07, 6.45) is 9.02. The summed E-state index contributed by atoms with van der Waals surface area (Å²) in [5.41, 5.74) is 1.05. The van der Waals surface area contributed by atoms with Gasteiger partial charge in [-0.25, -0.2) is 9.97 Å². The van der Waals surface area contributed by atoms with E-state index in [1.165, 1.54) is 30.4 Å². The lowest BCUT2D eigenvalue weighted by molar-refractivity contribution is 0.472. The fraction of sp³-hybridized carbons (Fsp3) is 0.538. The van der Waals surface area contributed by atoms with Crippen LogP contribution in [0, 0.1) is 0 Å². The van der Waals surface area contributed by atoms with Crippen LogP contribution in [-0.4, -0.2) is 27.5 Å². The second kappa shape index (κ2) is 5.45. The van der Waals surface area contributed by atoms with Crippen molar-refractivity contribution in [2.45, 2.75) is 37.0 Å². The number of thiophene rings is 1. The van der Waals surface area contributed by atoms with E-state index in [2.05, 4.69) is 33.0 Å². The molecule has 0 atom stereocenters. The van der Waals surface area contributed by atoms with Crippen molar-refractivity contribution in [1.29, 1.82) is 0 Å². The number of fused-ring (bicyclic) bond motifs is 1. The second-order valence-electron chi connectivity index (χ2n) is 4.71. The minimum absolute atomic E-state index is 0.577. The Kier molecular flexibility index (Phi) is 3.70. The Morgan fingerprint density at radius 3 is 2.89 bits per heavy atom. The predicted octanol–water partition coefficient (Wildman–Crippen LogP) is 3.78. The summed E-state index contributed by atoms with van der Waals surface area (Å²) in [4.78, 5) is 8.67. The third kappa shape index (κ3) is 2.47. The summed E-state index contributed by atoms with van der Waals surface area (Å²) in [6.45, 7) is 0. The Bertz CT molecular complexity index is 518. The number of aromatic nitrogens is 2. The molecule has 1 aliphatic carbocycles. The number of nitrogens with one attached hydrogen (secondary N) is 1. The molecule has 0 bridgehead atoms. The fourth-order valence-electron chi connectivity index (χ4n) is 2.53. The molecule has 0 radical (unpaired) electrons. The topological polar surface area (TPSA) is 37.8 Å². The molecule has 3 rings (SSSR count). The van der Waals surface area contributed by atoms with E-state index in [4.69, 9.17) is 0 Å². The molecule has 0 aliphatic heterocycles. The highest BCUT2D eigenvalue weighted by molar-refractivity contribution is 7.99. The minimum atomic E-state index is 0.577. The van der Waals surface area contributed by atoms with Crippen molar-refractivity contribution in [2.24, 2.45) is 0 Å². The largest absolute Gasteiger partial charge is 0.366 e. The number of anilines is 1. The van der Waals surface area contributed by atoms with E-state index in [1.54, 1.807) is 17.7 Å². The molecule has 0 saturated heterocycles. The van der Waals surface area contributed by atoms with Crippen molar-refractivity contribution in [3.8, 4) is 0 Å². The van der Waals surface area contributed by atoms with Gasteiger partial charge in [-0.1, -0.05) is 0 Å². The first-order valence-electron chi connectivity index (χ1n) is 6.34. The average molecular weight is 279 g/mol. The summed E-state index contributed by atoms with van der Waals surface area (Å²) in [7, 11) is 0. The lowest BCUT2D eigenvalue weighted by Crippen LogP contribution is -2.27. The van der Waals surface area contributed by atoms with Crippen LogP contribution in [0.2, 0.25) is 0 Å². The average Bonchev–Trinajstić information content (AvgIpc) is 2.89. The number of thioether (sulfide) groups is 1. The summed E-state index contributed by atoms with van der Waals surface area (Å²) >= 11 is 3.72. The maximum Gasteiger partial charge on any atom is 0.147 e. The first kappa shape index (κ1) is 12.2. The van der Waals surface area contributed by atoms with Crippen molar-refractivity contribution in [3.63, 3.8) is 0 Å². The van der Waals surface area contributed by atoms with Gasteiger partial charge in [0, 0.05) is 11.3 Å². The number of rotatable bonds is 3. The van der Waals surface area contributed by atoms with Gasteiger partial charge in [-0.15, -0.1) is 11.3 Å². The van der Waals surface area contributed by atoms with Gasteiger partial charge in [-0.05, 0) is 43.4 Å². The molecule has 3 nitrogen and oxygen atoms in total. The monoisotopic (exact) mass is 279 g/mol. The molecule has 2 aromatic rings. The first-order valence-corrected chi connectivity index (χ1v) is 8.51. The predicted molar refractivity (Wildman–Crippen MR) is 80.6 cm³/mol. The molecule has 1 saturated carbocycles. The highest BCUT2D eigenvalue weighted by Gasteiger charge is 2.21. The van der Waals surface area contributed by atoms with Crippen LogP contribution >= 0.6 is 23.1 Å². The van der Waals surface area contributed by atoms with Crippen molar-refractivity contribution < 1.29 is 0 Å². The molecule has 5 heteroatoms. The van der Waals surface area contributed by atoms with Crippen LogP contribution in [0.15, 0.2) is 17.8 Å². The lowest BCUT2D eigenvalue weighted by atomic mass is 9.95. The molecule has 2 aromatic heterocycles. The highest BCUT2D eigenvalue weighted by atomic mass is 32.2. The van der Waals surface area contributed by atoms with Crippen molar-refractivity contribution in [2.75, 3.05) is 11.6 Å². The van der Waals surface area contributed by atoms with Gasteiger partial charge in [0.05, 0.1) is 10.2 Å². The maximum atomic E-state index is 4.40. The summed E-state index contributed by atoms with van der Waals surface area (Å²) in [5.74, 6) is 1.02. The van der Waals surface area contributed by atoms with E-state index >= 15 is 0 Å². The third-order valence-corrected chi connectivity index (χ3v) is 5.64. The molecule has 0 amide bonds. The molecule has 0 aromatic carbocycles. The molecule has 0 spiro atoms. The van der Waals surface area contributed by atoms with Gasteiger partial charge in [0.25, 0.3) is 0 Å². The standard InChI is InChI=1S/C13H17N3S2/c1-17-10-4-2-9(3-5-10)16-13-12-11(6-7-18-12)14-8-15-13/h6-10H,2-5H2,1H3,(H,14,15,16). The fourth-order valence-corrected chi connectivity index (χ4v) is 4.07. The molecule has 1 aliphatic rings. The summed E-state index contributed by atoms with van der Waals surface area (Å²) < 4.78 is 1.18. The molecule has 18 heavy (non-hydrogen) atoms. The zero-order valence-electron chi connectivity index (χ0n) is 10.4. The Morgan fingerprint density at radius 2 is 2.11 bits per heavy atom. The Morgan fingerprint density at radius 1 is 1.28 bits per heavy atom. The number of nitrogens with zero attached hydrogens (tertiary/aromatic N) is 2. The van der Waals surface area contributed by atoms with E-state index in [-0.39, 0.29) is 0 Å². The summed E-state index contributed by atoms with van der Waals surface area (Å²) in [6, 6.07) is 2.63. The molecule has 0 unspecified atom stereocenters. The maximum absolute atomic E-state index is 4.40. The van der Waals surface area contributed by atoms with Crippen LogP contribution in [0.5, 0.6) is 0 Å². The Hall–Kier alpha value is -0.810. The quantitative estimate of drug-likeness (QED) is 0.928. The molecular weight excluding hydrogens is 262 g/mol. The van der Waals surface area contributed by atoms with Crippen LogP contribution in [-0.2, 0) is 0 Å². The van der Waals surface area contributed by atoms with Gasteiger partial charge >= 0.3 is 0 Å².